The molecule has 0 saturated carbocycles. The van der Waals surface area contributed by atoms with E-state index in [1.807, 2.05) is 30.3 Å². The number of carbonyl (C=O) groups is 3. The average molecular weight is 453 g/mol. The number of hydrogen-bond donors (Lipinski definition) is 6. The number of rotatable bonds is 10. The molecule has 3 amide bonds. The van der Waals surface area contributed by atoms with Gasteiger partial charge < -0.3 is 40.7 Å². The lowest BCUT2D eigenvalue weighted by Gasteiger charge is -2.42. The van der Waals surface area contributed by atoms with Crippen molar-refractivity contribution in [1.29, 1.82) is 0 Å². The first kappa shape index (κ1) is 25.7. The first-order valence-corrected chi connectivity index (χ1v) is 10.4. The maximum atomic E-state index is 12.7. The monoisotopic (exact) mass is 453 g/mol. The average Bonchev–Trinajstić information content (AvgIpc) is 2.78. The smallest absolute Gasteiger partial charge is 0.244 e. The van der Waals surface area contributed by atoms with Crippen LogP contribution in [0.1, 0.15) is 25.8 Å². The van der Waals surface area contributed by atoms with E-state index in [1.54, 1.807) is 6.92 Å². The molecule has 1 heterocycles. The normalized spacial score (nSPS) is 26.1. The number of hydrogen-bond acceptors (Lipinski definition) is 8. The molecule has 6 atom stereocenters. The van der Waals surface area contributed by atoms with Gasteiger partial charge in [0.25, 0.3) is 0 Å². The van der Waals surface area contributed by atoms with Crippen molar-refractivity contribution in [3.63, 3.8) is 0 Å². The molecule has 32 heavy (non-hydrogen) atoms. The van der Waals surface area contributed by atoms with Crippen molar-refractivity contribution >= 4 is 17.7 Å². The Morgan fingerprint density at radius 2 is 1.84 bits per heavy atom. The zero-order valence-corrected chi connectivity index (χ0v) is 18.1. The summed E-state index contributed by atoms with van der Waals surface area (Å²) in [4.78, 5) is 36.0. The summed E-state index contributed by atoms with van der Waals surface area (Å²) in [6.45, 7) is 1.95. The summed E-state index contributed by atoms with van der Waals surface area (Å²) < 4.78 is 10.9. The van der Waals surface area contributed by atoms with Gasteiger partial charge in [0.15, 0.2) is 6.29 Å². The summed E-state index contributed by atoms with van der Waals surface area (Å²) in [6, 6.07) is 7.21. The quantitative estimate of drug-likeness (QED) is 0.225. The second kappa shape index (κ2) is 12.5. The third-order valence-electron chi connectivity index (χ3n) is 5.00. The summed E-state index contributed by atoms with van der Waals surface area (Å²) in [5, 5.41) is 37.3. The Hall–Kier alpha value is -2.57. The van der Waals surface area contributed by atoms with E-state index in [0.29, 0.717) is 0 Å². The lowest BCUT2D eigenvalue weighted by atomic mass is 9.97. The Morgan fingerprint density at radius 3 is 2.44 bits per heavy atom. The summed E-state index contributed by atoms with van der Waals surface area (Å²) in [6.07, 6.45) is -4.79. The first-order chi connectivity index (χ1) is 15.3. The topological polar surface area (TPSA) is 166 Å². The molecular weight excluding hydrogens is 422 g/mol. The van der Waals surface area contributed by atoms with Crippen molar-refractivity contribution in [3.8, 4) is 0 Å². The molecule has 1 aromatic carbocycles. The Labute approximate surface area is 186 Å². The van der Waals surface area contributed by atoms with Crippen molar-refractivity contribution in [3.05, 3.63) is 35.9 Å². The maximum absolute atomic E-state index is 12.7. The molecule has 2 rings (SSSR count). The first-order valence-electron chi connectivity index (χ1n) is 10.4. The maximum Gasteiger partial charge on any atom is 0.244 e. The van der Waals surface area contributed by atoms with Gasteiger partial charge in [-0.25, -0.2) is 0 Å². The van der Waals surface area contributed by atoms with Crippen LogP contribution in [0.15, 0.2) is 30.3 Å². The van der Waals surface area contributed by atoms with Gasteiger partial charge in [-0.1, -0.05) is 37.3 Å². The molecule has 11 nitrogen and oxygen atoms in total. The number of ether oxygens (including phenoxy) is 2. The van der Waals surface area contributed by atoms with Crippen LogP contribution in [0.25, 0.3) is 0 Å². The summed E-state index contributed by atoms with van der Waals surface area (Å²) in [7, 11) is 0. The molecule has 1 fully saturated rings. The predicted octanol–water partition coefficient (Wildman–Crippen LogP) is -1.84. The molecule has 6 N–H and O–H groups in total. The minimum Gasteiger partial charge on any atom is -0.394 e. The van der Waals surface area contributed by atoms with E-state index in [1.165, 1.54) is 6.92 Å². The van der Waals surface area contributed by atoms with Gasteiger partial charge in [0, 0.05) is 19.8 Å². The lowest BCUT2D eigenvalue weighted by Crippen LogP contribution is -2.65. The number of nitrogens with one attached hydrogen (secondary N) is 3. The number of benzene rings is 1. The molecule has 3 unspecified atom stereocenters. The Morgan fingerprint density at radius 1 is 1.16 bits per heavy atom. The van der Waals surface area contributed by atoms with Crippen LogP contribution in [0.4, 0.5) is 0 Å². The molecule has 0 spiro atoms. The van der Waals surface area contributed by atoms with Crippen molar-refractivity contribution in [1.82, 2.24) is 16.0 Å². The highest BCUT2D eigenvalue weighted by Crippen LogP contribution is 2.22. The van der Waals surface area contributed by atoms with Gasteiger partial charge >= 0.3 is 0 Å². The van der Waals surface area contributed by atoms with Gasteiger partial charge in [0.1, 0.15) is 37.1 Å². The molecule has 178 valence electrons. The summed E-state index contributed by atoms with van der Waals surface area (Å²) in [5.41, 5.74) is 0.856. The third kappa shape index (κ3) is 7.24. The van der Waals surface area contributed by atoms with Gasteiger partial charge in [-0.15, -0.1) is 0 Å². The van der Waals surface area contributed by atoms with Crippen LogP contribution in [-0.4, -0.2) is 83.1 Å². The van der Waals surface area contributed by atoms with E-state index < -0.39 is 55.1 Å². The highest BCUT2D eigenvalue weighted by atomic mass is 16.7. The van der Waals surface area contributed by atoms with Crippen molar-refractivity contribution < 1.29 is 39.2 Å². The molecule has 11 heteroatoms. The van der Waals surface area contributed by atoms with E-state index in [-0.39, 0.29) is 25.5 Å². The second-order valence-corrected chi connectivity index (χ2v) is 7.45. The SMILES string of the molecule is CCC(=O)N[C@@H](Cc1ccccc1)C(=O)NCO[C@@H]1OC(CO)[C@@H](O)C(O)C1NC(C)=O. The largest absolute Gasteiger partial charge is 0.394 e. The van der Waals surface area contributed by atoms with Gasteiger partial charge in [-0.3, -0.25) is 14.4 Å². The summed E-state index contributed by atoms with van der Waals surface area (Å²) >= 11 is 0. The zero-order valence-electron chi connectivity index (χ0n) is 18.1. The van der Waals surface area contributed by atoms with Gasteiger partial charge in [0.05, 0.1) is 6.61 Å². The van der Waals surface area contributed by atoms with E-state index in [2.05, 4.69) is 16.0 Å². The van der Waals surface area contributed by atoms with Crippen LogP contribution >= 0.6 is 0 Å². The molecular formula is C21H31N3O8. The van der Waals surface area contributed by atoms with E-state index in [9.17, 15) is 29.7 Å². The Bertz CT molecular complexity index is 763. The van der Waals surface area contributed by atoms with Crippen molar-refractivity contribution in [2.45, 2.75) is 63.4 Å². The van der Waals surface area contributed by atoms with Gasteiger partial charge in [-0.2, -0.15) is 0 Å². The highest BCUT2D eigenvalue weighted by molar-refractivity contribution is 5.87. The standard InChI is InChI=1S/C21H31N3O8/c1-3-16(27)24-14(9-13-7-5-4-6-8-13)20(30)22-11-31-21-17(23-12(2)26)19(29)18(28)15(10-25)32-21/h4-8,14-15,17-19,21,25,28-29H,3,9-11H2,1-2H3,(H,22,30)(H,23,26)(H,24,27)/t14-,15?,17?,18+,19?,21+/m0/s1. The number of aliphatic hydroxyl groups excluding tert-OH is 3. The number of carbonyl (C=O) groups excluding carboxylic acids is 3. The predicted molar refractivity (Wildman–Crippen MR) is 112 cm³/mol. The molecule has 1 aliphatic rings. The van der Waals surface area contributed by atoms with Crippen LogP contribution in [0.2, 0.25) is 0 Å². The Kier molecular flexibility index (Phi) is 10.0. The molecule has 1 aromatic rings. The highest BCUT2D eigenvalue weighted by Gasteiger charge is 2.45. The molecule has 1 aliphatic heterocycles. The fourth-order valence-electron chi connectivity index (χ4n) is 3.29. The fraction of sp³-hybridized carbons (Fsp3) is 0.571. The third-order valence-corrected chi connectivity index (χ3v) is 5.00. The van der Waals surface area contributed by atoms with Crippen LogP contribution in [0.3, 0.4) is 0 Å². The van der Waals surface area contributed by atoms with Crippen LogP contribution < -0.4 is 16.0 Å². The zero-order chi connectivity index (χ0) is 23.7. The molecule has 0 aliphatic carbocycles. The van der Waals surface area contributed by atoms with E-state index in [4.69, 9.17) is 9.47 Å². The number of amides is 3. The minimum absolute atomic E-state index is 0.214. The second-order valence-electron chi connectivity index (χ2n) is 7.45. The molecule has 0 aromatic heterocycles. The van der Waals surface area contributed by atoms with Crippen LogP contribution in [0.5, 0.6) is 0 Å². The van der Waals surface area contributed by atoms with Crippen molar-refractivity contribution in [2.24, 2.45) is 0 Å². The van der Waals surface area contributed by atoms with Gasteiger partial charge in [-0.05, 0) is 5.56 Å². The fourth-order valence-corrected chi connectivity index (χ4v) is 3.29. The summed E-state index contributed by atoms with van der Waals surface area (Å²) in [5.74, 6) is -1.27. The van der Waals surface area contributed by atoms with Gasteiger partial charge in [0.2, 0.25) is 17.7 Å². The minimum atomic E-state index is -1.46. The van der Waals surface area contributed by atoms with Crippen LogP contribution in [-0.2, 0) is 30.3 Å². The molecule has 0 bridgehead atoms. The van der Waals surface area contributed by atoms with Crippen molar-refractivity contribution in [2.75, 3.05) is 13.3 Å². The van der Waals surface area contributed by atoms with E-state index >= 15 is 0 Å². The molecule has 1 saturated heterocycles. The van der Waals surface area contributed by atoms with E-state index in [0.717, 1.165) is 5.56 Å². The lowest BCUT2D eigenvalue weighted by molar-refractivity contribution is -0.271. The Balaban J connectivity index is 2.00. The number of aliphatic hydroxyl groups is 3. The van der Waals surface area contributed by atoms with Crippen LogP contribution in [0, 0.1) is 0 Å². The molecule has 0 radical (unpaired) electrons.